The fourth-order valence-corrected chi connectivity index (χ4v) is 14.7. The van der Waals surface area contributed by atoms with Gasteiger partial charge in [0.1, 0.15) is 11.9 Å². The van der Waals surface area contributed by atoms with Gasteiger partial charge in [-0.1, -0.05) is 200 Å². The maximum Gasteiger partial charge on any atom is 0.133 e. The third-order valence-corrected chi connectivity index (χ3v) is 16.4. The zero-order chi connectivity index (χ0) is 36.6. The molecule has 0 aromatic heterocycles. The summed E-state index contributed by atoms with van der Waals surface area (Å²) in [7, 11) is 0. The Bertz CT molecular complexity index is 2440. The van der Waals surface area contributed by atoms with Gasteiger partial charge in [0.05, 0.1) is 5.92 Å². The summed E-state index contributed by atoms with van der Waals surface area (Å²) in [6.45, 7) is -2.59. The van der Waals surface area contributed by atoms with Gasteiger partial charge in [-0.2, -0.15) is 0 Å². The highest BCUT2D eigenvalue weighted by Crippen LogP contribution is 2.59. The number of allylic oxidation sites excluding steroid dienone is 2. The second kappa shape index (κ2) is 14.4. The summed E-state index contributed by atoms with van der Waals surface area (Å²) in [6, 6.07) is 74.6. The number of hydrogen-bond acceptors (Lipinski definition) is 1. The standard InChI is InChI=1S/C53H43OP/c1-6-21-38(22-7-1)37-40-25-20-36-48-49(39-23-8-2-9-24-39)53(52(54-51(40)48)50-46-34-18-16-32-44(46)45-33-17-19-35-47(45)50)55(41-26-10-3-11-27-41,42-28-12-4-13-29-42)43-30-14-5-15-31-43/h1-19,21-24,26-35,37,49-50,52H,20,25,36H2. The summed E-state index contributed by atoms with van der Waals surface area (Å²) in [6.07, 6.45) is 5.20. The van der Waals surface area contributed by atoms with Crippen molar-refractivity contribution in [3.8, 4) is 11.1 Å². The highest BCUT2D eigenvalue weighted by atomic mass is 31.2. The van der Waals surface area contributed by atoms with Crippen LogP contribution in [0.2, 0.25) is 0 Å². The molecule has 1 heterocycles. The molecule has 2 heteroatoms. The first kappa shape index (κ1) is 33.7. The van der Waals surface area contributed by atoms with Crippen molar-refractivity contribution < 1.29 is 4.74 Å². The van der Waals surface area contributed by atoms with Gasteiger partial charge in [0.25, 0.3) is 0 Å². The van der Waals surface area contributed by atoms with Crippen LogP contribution in [0.15, 0.2) is 217 Å². The van der Waals surface area contributed by atoms with Crippen LogP contribution in [0.25, 0.3) is 17.2 Å². The SMILES string of the molecule is C(=C1CCCC2=C1OC(C1c3ccccc3-c3ccccc31)C(=P(c1ccccc1)(c1ccccc1)c1ccccc1)C2c1ccccc1)c1ccccc1. The Morgan fingerprint density at radius 3 is 1.45 bits per heavy atom. The van der Waals surface area contributed by atoms with E-state index in [-0.39, 0.29) is 17.9 Å². The molecule has 3 aliphatic rings. The van der Waals surface area contributed by atoms with E-state index in [9.17, 15) is 0 Å². The van der Waals surface area contributed by atoms with Crippen LogP contribution in [-0.4, -0.2) is 11.4 Å². The lowest BCUT2D eigenvalue weighted by molar-refractivity contribution is 0.146. The second-order valence-corrected chi connectivity index (χ2v) is 18.3. The fourth-order valence-electron chi connectivity index (χ4n) is 9.76. The minimum atomic E-state index is -2.59. The number of rotatable bonds is 6. The summed E-state index contributed by atoms with van der Waals surface area (Å²) in [4.78, 5) is 0. The molecule has 1 aliphatic heterocycles. The molecular formula is C53H43OP. The van der Waals surface area contributed by atoms with E-state index in [1.807, 2.05) is 0 Å². The van der Waals surface area contributed by atoms with Gasteiger partial charge in [-0.15, -0.1) is 0 Å². The predicted octanol–water partition coefficient (Wildman–Crippen LogP) is 11.7. The van der Waals surface area contributed by atoms with Gasteiger partial charge in [0, 0.05) is 5.92 Å². The van der Waals surface area contributed by atoms with Crippen molar-refractivity contribution in [1.82, 2.24) is 0 Å². The van der Waals surface area contributed by atoms with E-state index in [4.69, 9.17) is 4.74 Å². The summed E-state index contributed by atoms with van der Waals surface area (Å²) in [5.41, 5.74) is 10.6. The van der Waals surface area contributed by atoms with E-state index in [0.717, 1.165) is 25.0 Å². The first-order chi connectivity index (χ1) is 27.3. The van der Waals surface area contributed by atoms with Crippen molar-refractivity contribution in [3.63, 3.8) is 0 Å². The van der Waals surface area contributed by atoms with Crippen molar-refractivity contribution in [2.75, 3.05) is 0 Å². The summed E-state index contributed by atoms with van der Waals surface area (Å²) < 4.78 is 8.01. The number of benzene rings is 7. The Morgan fingerprint density at radius 1 is 0.473 bits per heavy atom. The quantitative estimate of drug-likeness (QED) is 0.155. The lowest BCUT2D eigenvalue weighted by Gasteiger charge is -2.47. The minimum Gasteiger partial charge on any atom is -0.485 e. The summed E-state index contributed by atoms with van der Waals surface area (Å²) in [5, 5.41) is 5.56. The molecule has 0 bridgehead atoms. The minimum absolute atomic E-state index is 0.00178. The van der Waals surface area contributed by atoms with Crippen LogP contribution in [0.1, 0.15) is 53.4 Å². The normalized spacial score (nSPS) is 18.7. The highest BCUT2D eigenvalue weighted by Gasteiger charge is 2.49. The molecule has 0 saturated carbocycles. The van der Waals surface area contributed by atoms with E-state index in [1.54, 1.807) is 0 Å². The Morgan fingerprint density at radius 2 is 0.927 bits per heavy atom. The molecule has 7 aromatic carbocycles. The van der Waals surface area contributed by atoms with Crippen LogP contribution in [0.3, 0.4) is 0 Å². The van der Waals surface area contributed by atoms with E-state index in [0.29, 0.717) is 0 Å². The van der Waals surface area contributed by atoms with Crippen molar-refractivity contribution >= 4 is 34.2 Å². The number of fused-ring (bicyclic) bond motifs is 3. The Labute approximate surface area is 325 Å². The van der Waals surface area contributed by atoms with Gasteiger partial charge in [0.2, 0.25) is 0 Å². The van der Waals surface area contributed by atoms with Crippen molar-refractivity contribution in [2.24, 2.45) is 0 Å². The van der Waals surface area contributed by atoms with E-state index in [1.165, 1.54) is 65.7 Å². The van der Waals surface area contributed by atoms with Crippen LogP contribution in [0.5, 0.6) is 0 Å². The molecule has 55 heavy (non-hydrogen) atoms. The van der Waals surface area contributed by atoms with Crippen molar-refractivity contribution in [3.05, 3.63) is 239 Å². The average Bonchev–Trinajstić information content (AvgIpc) is 3.60. The fraction of sp³-hybridized carbons (Fsp3) is 0.113. The molecule has 7 aromatic rings. The molecule has 0 saturated heterocycles. The molecule has 2 atom stereocenters. The van der Waals surface area contributed by atoms with Gasteiger partial charge < -0.3 is 4.74 Å². The Balaban J connectivity index is 1.41. The summed E-state index contributed by atoms with van der Waals surface area (Å²) >= 11 is 0. The lowest BCUT2D eigenvalue weighted by atomic mass is 9.74. The van der Waals surface area contributed by atoms with Gasteiger partial charge in [0.15, 0.2) is 0 Å². The zero-order valence-electron chi connectivity index (χ0n) is 30.8. The molecule has 2 aliphatic carbocycles. The largest absolute Gasteiger partial charge is 0.485 e. The summed E-state index contributed by atoms with van der Waals surface area (Å²) in [5.74, 6) is 1.13. The van der Waals surface area contributed by atoms with E-state index >= 15 is 0 Å². The highest BCUT2D eigenvalue weighted by molar-refractivity contribution is 7.95. The average molecular weight is 727 g/mol. The molecule has 0 spiro atoms. The zero-order valence-corrected chi connectivity index (χ0v) is 31.7. The lowest BCUT2D eigenvalue weighted by Crippen LogP contribution is -2.45. The van der Waals surface area contributed by atoms with Crippen LogP contribution < -0.4 is 15.9 Å². The third kappa shape index (κ3) is 5.69. The first-order valence-electron chi connectivity index (χ1n) is 19.6. The maximum absolute atomic E-state index is 8.01. The number of ether oxygens (including phenoxy) is 1. The molecule has 2 unspecified atom stereocenters. The van der Waals surface area contributed by atoms with Crippen LogP contribution in [0.4, 0.5) is 0 Å². The predicted molar refractivity (Wildman–Crippen MR) is 233 cm³/mol. The molecule has 10 rings (SSSR count). The van der Waals surface area contributed by atoms with Crippen LogP contribution in [0, 0.1) is 0 Å². The molecule has 0 fully saturated rings. The van der Waals surface area contributed by atoms with Crippen LogP contribution >= 0.6 is 6.89 Å². The van der Waals surface area contributed by atoms with Gasteiger partial charge in [-0.05, 0) is 98.0 Å². The molecule has 0 amide bonds. The molecular weight excluding hydrogens is 684 g/mol. The van der Waals surface area contributed by atoms with Gasteiger partial charge in [-0.3, -0.25) is 0 Å². The van der Waals surface area contributed by atoms with Crippen LogP contribution in [-0.2, 0) is 4.74 Å². The topological polar surface area (TPSA) is 9.23 Å². The maximum atomic E-state index is 8.01. The van der Waals surface area contributed by atoms with Crippen molar-refractivity contribution in [1.29, 1.82) is 0 Å². The number of hydrogen-bond donors (Lipinski definition) is 0. The van der Waals surface area contributed by atoms with Gasteiger partial charge in [-0.25, -0.2) is 0 Å². The smallest absolute Gasteiger partial charge is 0.133 e. The van der Waals surface area contributed by atoms with E-state index < -0.39 is 6.89 Å². The first-order valence-corrected chi connectivity index (χ1v) is 21.4. The monoisotopic (exact) mass is 726 g/mol. The third-order valence-electron chi connectivity index (χ3n) is 11.9. The van der Waals surface area contributed by atoms with Gasteiger partial charge >= 0.3 is 0 Å². The molecule has 1 nitrogen and oxygen atoms in total. The second-order valence-electron chi connectivity index (χ2n) is 14.9. The molecule has 266 valence electrons. The van der Waals surface area contributed by atoms with Crippen molar-refractivity contribution in [2.45, 2.75) is 37.2 Å². The molecule has 0 N–H and O–H groups in total. The molecule has 0 radical (unpaired) electrons. The van der Waals surface area contributed by atoms with E-state index in [2.05, 4.69) is 206 Å². The Hall–Kier alpha value is -5.88. The Kier molecular flexibility index (Phi) is 8.82.